The summed E-state index contributed by atoms with van der Waals surface area (Å²) in [6.45, 7) is 2.42. The molecule has 43 heavy (non-hydrogen) atoms. The molecule has 228 valence electrons. The lowest BCUT2D eigenvalue weighted by molar-refractivity contribution is 0.0791. The molecular formula is C33H38FN3O5S. The van der Waals surface area contributed by atoms with Gasteiger partial charge in [0.1, 0.15) is 16.5 Å². The first-order valence-electron chi connectivity index (χ1n) is 13.9. The van der Waals surface area contributed by atoms with Crippen molar-refractivity contribution in [1.29, 1.82) is 0 Å². The first-order valence-corrected chi connectivity index (χ1v) is 14.8. The van der Waals surface area contributed by atoms with Crippen LogP contribution in [0.4, 0.5) is 4.39 Å². The number of carbonyl (C=O) groups excluding carboxylic acids is 1. The topological polar surface area (TPSA) is 73.4 Å². The Bertz CT molecular complexity index is 1490. The van der Waals surface area contributed by atoms with E-state index in [-0.39, 0.29) is 11.7 Å². The second-order valence-electron chi connectivity index (χ2n) is 10.1. The number of hydrogen-bond acceptors (Lipinski definition) is 8. The van der Waals surface area contributed by atoms with Crippen LogP contribution in [0.1, 0.15) is 32.2 Å². The van der Waals surface area contributed by atoms with Crippen LogP contribution < -0.4 is 18.9 Å². The Morgan fingerprint density at radius 3 is 1.84 bits per heavy atom. The number of methoxy groups -OCH3 is 4. The highest BCUT2D eigenvalue weighted by Gasteiger charge is 2.18. The van der Waals surface area contributed by atoms with Crippen LogP contribution in [0.3, 0.4) is 0 Å². The number of aromatic nitrogens is 1. The number of halogens is 1. The van der Waals surface area contributed by atoms with Gasteiger partial charge in [-0.15, -0.1) is 11.3 Å². The number of ether oxygens (including phenoxy) is 4. The summed E-state index contributed by atoms with van der Waals surface area (Å²) >= 11 is 1.47. The summed E-state index contributed by atoms with van der Waals surface area (Å²) in [5.74, 6) is 2.31. The highest BCUT2D eigenvalue weighted by molar-refractivity contribution is 7.09. The molecule has 3 aromatic carbocycles. The SMILES string of the molecule is COc1ccc(CCN(Cc2ccc(F)cc2)Cc2nc(C(=O)N(C)CCc3ccc(OC)c(OC)c3)cs2)cc1OC. The van der Waals surface area contributed by atoms with Gasteiger partial charge < -0.3 is 23.8 Å². The van der Waals surface area contributed by atoms with Crippen LogP contribution in [-0.4, -0.2) is 69.3 Å². The normalized spacial score (nSPS) is 11.0. The van der Waals surface area contributed by atoms with Crippen molar-refractivity contribution in [3.63, 3.8) is 0 Å². The Balaban J connectivity index is 1.41. The highest BCUT2D eigenvalue weighted by Crippen LogP contribution is 2.29. The van der Waals surface area contributed by atoms with Crippen molar-refractivity contribution < 1.29 is 28.1 Å². The molecule has 10 heteroatoms. The molecule has 4 rings (SSSR count). The van der Waals surface area contributed by atoms with Crippen molar-refractivity contribution >= 4 is 17.2 Å². The van der Waals surface area contributed by atoms with Crippen LogP contribution in [0.15, 0.2) is 66.0 Å². The number of hydrogen-bond donors (Lipinski definition) is 0. The Labute approximate surface area is 256 Å². The molecule has 1 heterocycles. The van der Waals surface area contributed by atoms with Gasteiger partial charge in [-0.05, 0) is 65.9 Å². The maximum absolute atomic E-state index is 13.5. The standard InChI is InChI=1S/C33H38FN3O5S/c1-36(16-14-23-8-12-28(39-2)30(18-23)41-4)33(38)27-22-43-32(35-27)21-37(20-25-6-10-26(34)11-7-25)17-15-24-9-13-29(40-3)31(19-24)42-5/h6-13,18-19,22H,14-17,20-21H2,1-5H3. The third-order valence-corrected chi connectivity index (χ3v) is 7.98. The van der Waals surface area contributed by atoms with E-state index in [0.717, 1.165) is 34.7 Å². The number of amides is 1. The second-order valence-corrected chi connectivity index (χ2v) is 11.0. The minimum Gasteiger partial charge on any atom is -0.493 e. The molecule has 8 nitrogen and oxygen atoms in total. The summed E-state index contributed by atoms with van der Waals surface area (Å²) in [4.78, 5) is 21.8. The van der Waals surface area contributed by atoms with E-state index in [1.54, 1.807) is 52.5 Å². The van der Waals surface area contributed by atoms with Crippen LogP contribution in [0.25, 0.3) is 0 Å². The Kier molecular flexibility index (Phi) is 11.4. The molecule has 0 saturated carbocycles. The van der Waals surface area contributed by atoms with Crippen molar-refractivity contribution in [2.75, 3.05) is 48.6 Å². The van der Waals surface area contributed by atoms with Gasteiger partial charge in [0.05, 0.1) is 35.0 Å². The van der Waals surface area contributed by atoms with Gasteiger partial charge in [0.25, 0.3) is 5.91 Å². The monoisotopic (exact) mass is 607 g/mol. The van der Waals surface area contributed by atoms with Gasteiger partial charge in [-0.1, -0.05) is 24.3 Å². The molecule has 1 aromatic heterocycles. The zero-order chi connectivity index (χ0) is 30.8. The first kappa shape index (κ1) is 31.8. The molecule has 0 spiro atoms. The summed E-state index contributed by atoms with van der Waals surface area (Å²) in [5, 5.41) is 2.65. The van der Waals surface area contributed by atoms with Crippen molar-refractivity contribution in [2.45, 2.75) is 25.9 Å². The second kappa shape index (κ2) is 15.4. The smallest absolute Gasteiger partial charge is 0.273 e. The van der Waals surface area contributed by atoms with E-state index in [0.29, 0.717) is 54.7 Å². The number of thiazole rings is 1. The molecule has 0 atom stereocenters. The molecule has 0 fully saturated rings. The van der Waals surface area contributed by atoms with E-state index in [2.05, 4.69) is 9.88 Å². The van der Waals surface area contributed by atoms with Gasteiger partial charge in [0, 0.05) is 32.1 Å². The fourth-order valence-corrected chi connectivity index (χ4v) is 5.50. The summed E-state index contributed by atoms with van der Waals surface area (Å²) in [7, 11) is 8.23. The van der Waals surface area contributed by atoms with E-state index >= 15 is 0 Å². The number of nitrogens with zero attached hydrogens (tertiary/aromatic N) is 3. The molecule has 0 saturated heterocycles. The van der Waals surface area contributed by atoms with Gasteiger partial charge in [-0.25, -0.2) is 9.37 Å². The van der Waals surface area contributed by atoms with Crippen molar-refractivity contribution in [2.24, 2.45) is 0 Å². The van der Waals surface area contributed by atoms with Crippen molar-refractivity contribution in [3.8, 4) is 23.0 Å². The quantitative estimate of drug-likeness (QED) is 0.167. The Morgan fingerprint density at radius 1 is 0.744 bits per heavy atom. The minimum absolute atomic E-state index is 0.126. The van der Waals surface area contributed by atoms with E-state index in [9.17, 15) is 9.18 Å². The number of carbonyl (C=O) groups is 1. The molecule has 1 amide bonds. The largest absolute Gasteiger partial charge is 0.493 e. The maximum atomic E-state index is 13.5. The molecule has 0 aliphatic heterocycles. The molecule has 0 aliphatic carbocycles. The Morgan fingerprint density at radius 2 is 1.28 bits per heavy atom. The van der Waals surface area contributed by atoms with Crippen molar-refractivity contribution in [3.05, 3.63) is 99.3 Å². The minimum atomic E-state index is -0.265. The van der Waals surface area contributed by atoms with Gasteiger partial charge in [-0.3, -0.25) is 9.69 Å². The molecule has 0 bridgehead atoms. The van der Waals surface area contributed by atoms with Gasteiger partial charge in [-0.2, -0.15) is 0 Å². The van der Waals surface area contributed by atoms with Crippen LogP contribution in [0.2, 0.25) is 0 Å². The molecule has 0 N–H and O–H groups in total. The molecule has 4 aromatic rings. The summed E-state index contributed by atoms with van der Waals surface area (Å²) in [6.07, 6.45) is 1.43. The predicted octanol–water partition coefficient (Wildman–Crippen LogP) is 5.88. The van der Waals surface area contributed by atoms with E-state index in [1.807, 2.05) is 41.8 Å². The van der Waals surface area contributed by atoms with E-state index < -0.39 is 0 Å². The zero-order valence-electron chi connectivity index (χ0n) is 25.3. The lowest BCUT2D eigenvalue weighted by atomic mass is 10.1. The molecule has 0 radical (unpaired) electrons. The summed E-state index contributed by atoms with van der Waals surface area (Å²) in [5.41, 5.74) is 3.57. The lowest BCUT2D eigenvalue weighted by Crippen LogP contribution is -2.29. The van der Waals surface area contributed by atoms with E-state index in [1.165, 1.54) is 23.5 Å². The van der Waals surface area contributed by atoms with Crippen LogP contribution in [-0.2, 0) is 25.9 Å². The van der Waals surface area contributed by atoms with Crippen molar-refractivity contribution in [1.82, 2.24) is 14.8 Å². The average Bonchev–Trinajstić information content (AvgIpc) is 3.51. The molecule has 0 unspecified atom stereocenters. The third kappa shape index (κ3) is 8.68. The highest BCUT2D eigenvalue weighted by atomic mass is 32.1. The van der Waals surface area contributed by atoms with Gasteiger partial charge in [0.15, 0.2) is 23.0 Å². The van der Waals surface area contributed by atoms with Gasteiger partial charge in [0.2, 0.25) is 0 Å². The summed E-state index contributed by atoms with van der Waals surface area (Å²) in [6, 6.07) is 18.2. The zero-order valence-corrected chi connectivity index (χ0v) is 26.1. The summed E-state index contributed by atoms with van der Waals surface area (Å²) < 4.78 is 35.1. The van der Waals surface area contributed by atoms with Crippen LogP contribution in [0, 0.1) is 5.82 Å². The van der Waals surface area contributed by atoms with Crippen LogP contribution >= 0.6 is 11.3 Å². The average molecular weight is 608 g/mol. The molecular weight excluding hydrogens is 569 g/mol. The number of likely N-dealkylation sites (N-methyl/N-ethyl adjacent to an activating group) is 1. The molecule has 0 aliphatic rings. The number of rotatable bonds is 15. The lowest BCUT2D eigenvalue weighted by Gasteiger charge is -2.22. The maximum Gasteiger partial charge on any atom is 0.273 e. The Hall–Kier alpha value is -4.15. The van der Waals surface area contributed by atoms with E-state index in [4.69, 9.17) is 18.9 Å². The first-order chi connectivity index (χ1) is 20.8. The van der Waals surface area contributed by atoms with Gasteiger partial charge >= 0.3 is 0 Å². The van der Waals surface area contributed by atoms with Crippen LogP contribution in [0.5, 0.6) is 23.0 Å². The fraction of sp³-hybridized carbons (Fsp3) is 0.333. The fourth-order valence-electron chi connectivity index (χ4n) is 4.69. The predicted molar refractivity (Wildman–Crippen MR) is 166 cm³/mol. The number of benzene rings is 3. The third-order valence-electron chi connectivity index (χ3n) is 7.14.